The van der Waals surface area contributed by atoms with E-state index in [1.165, 1.54) is 24.0 Å². The minimum absolute atomic E-state index is 0.366. The molecule has 3 heteroatoms. The molecule has 0 saturated heterocycles. The highest BCUT2D eigenvalue weighted by molar-refractivity contribution is 5.40. The number of benzene rings is 1. The second-order valence-electron chi connectivity index (χ2n) is 5.43. The molecule has 1 heterocycles. The molecule has 0 fully saturated rings. The fraction of sp³-hybridized carbons (Fsp3) is 0.353. The number of anilines is 1. The highest BCUT2D eigenvalue weighted by Crippen LogP contribution is 2.32. The maximum Gasteiger partial charge on any atom is 0.203 e. The van der Waals surface area contributed by atoms with Crippen LogP contribution in [-0.2, 0) is 13.0 Å². The molecule has 3 rings (SSSR count). The number of nitrogens with zero attached hydrogens (tertiary/aromatic N) is 2. The second kappa shape index (κ2) is 5.53. The average molecular weight is 267 g/mol. The molecule has 104 valence electrons. The monoisotopic (exact) mass is 267 g/mol. The molecule has 2 aromatic rings. The molecule has 0 radical (unpaired) electrons. The first-order chi connectivity index (χ1) is 9.78. The van der Waals surface area contributed by atoms with Gasteiger partial charge < -0.3 is 9.88 Å². The zero-order valence-corrected chi connectivity index (χ0v) is 12.0. The summed E-state index contributed by atoms with van der Waals surface area (Å²) in [5.41, 5.74) is 3.93. The first-order valence-electron chi connectivity index (χ1n) is 7.27. The lowest BCUT2D eigenvalue weighted by Gasteiger charge is -2.26. The Morgan fingerprint density at radius 2 is 2.30 bits per heavy atom. The van der Waals surface area contributed by atoms with Gasteiger partial charge in [0.15, 0.2) is 0 Å². The van der Waals surface area contributed by atoms with E-state index in [0.29, 0.717) is 6.04 Å². The average Bonchev–Trinajstić information content (AvgIpc) is 2.80. The van der Waals surface area contributed by atoms with E-state index in [1.54, 1.807) is 0 Å². The molecule has 0 aliphatic heterocycles. The Labute approximate surface area is 120 Å². The fourth-order valence-corrected chi connectivity index (χ4v) is 3.00. The highest BCUT2D eigenvalue weighted by Gasteiger charge is 2.21. The number of rotatable bonds is 4. The van der Waals surface area contributed by atoms with Crippen molar-refractivity contribution in [3.63, 3.8) is 0 Å². The summed E-state index contributed by atoms with van der Waals surface area (Å²) in [4.78, 5) is 4.60. The molecule has 1 aromatic heterocycles. The Morgan fingerprint density at radius 3 is 3.15 bits per heavy atom. The summed E-state index contributed by atoms with van der Waals surface area (Å²) in [7, 11) is 0. The molecular formula is C17H21N3. The third kappa shape index (κ3) is 2.48. The van der Waals surface area contributed by atoms with Crippen molar-refractivity contribution in [2.45, 2.75) is 38.8 Å². The quantitative estimate of drug-likeness (QED) is 0.852. The van der Waals surface area contributed by atoms with Crippen molar-refractivity contribution in [2.75, 3.05) is 5.32 Å². The van der Waals surface area contributed by atoms with Crippen LogP contribution in [0.1, 0.15) is 35.7 Å². The van der Waals surface area contributed by atoms with Gasteiger partial charge in [-0.2, -0.15) is 0 Å². The van der Waals surface area contributed by atoms with Gasteiger partial charge in [0, 0.05) is 12.7 Å². The number of fused-ring (bicyclic) bond motifs is 1. The Hall–Kier alpha value is -2.03. The molecular weight excluding hydrogens is 246 g/mol. The number of nitrogens with one attached hydrogen (secondary N) is 1. The van der Waals surface area contributed by atoms with Crippen LogP contribution in [0.5, 0.6) is 0 Å². The summed E-state index contributed by atoms with van der Waals surface area (Å²) in [5, 5.41) is 3.62. The van der Waals surface area contributed by atoms with E-state index >= 15 is 0 Å². The molecule has 1 atom stereocenters. The van der Waals surface area contributed by atoms with Crippen LogP contribution in [0.2, 0.25) is 0 Å². The van der Waals surface area contributed by atoms with Gasteiger partial charge in [-0.1, -0.05) is 30.3 Å². The Morgan fingerprint density at radius 1 is 1.45 bits per heavy atom. The minimum atomic E-state index is 0.366. The summed E-state index contributed by atoms with van der Waals surface area (Å²) in [6.45, 7) is 6.63. The molecule has 1 aliphatic rings. The first kappa shape index (κ1) is 13.0. The number of aryl methyl sites for hydroxylation is 2. The van der Waals surface area contributed by atoms with Crippen LogP contribution in [0.25, 0.3) is 0 Å². The van der Waals surface area contributed by atoms with Crippen molar-refractivity contribution in [1.29, 1.82) is 0 Å². The van der Waals surface area contributed by atoms with Gasteiger partial charge in [0.25, 0.3) is 0 Å². The van der Waals surface area contributed by atoms with Gasteiger partial charge >= 0.3 is 0 Å². The van der Waals surface area contributed by atoms with Crippen LogP contribution >= 0.6 is 0 Å². The maximum atomic E-state index is 4.60. The predicted molar refractivity (Wildman–Crippen MR) is 82.9 cm³/mol. The zero-order valence-electron chi connectivity index (χ0n) is 12.0. The maximum absolute atomic E-state index is 4.60. The van der Waals surface area contributed by atoms with Crippen molar-refractivity contribution in [1.82, 2.24) is 9.55 Å². The van der Waals surface area contributed by atoms with Crippen LogP contribution < -0.4 is 5.32 Å². The molecule has 0 amide bonds. The third-order valence-electron chi connectivity index (χ3n) is 3.90. The van der Waals surface area contributed by atoms with E-state index in [9.17, 15) is 0 Å². The van der Waals surface area contributed by atoms with E-state index in [4.69, 9.17) is 0 Å². The first-order valence-corrected chi connectivity index (χ1v) is 7.27. The fourth-order valence-electron chi connectivity index (χ4n) is 3.00. The Bertz CT molecular complexity index is 612. The van der Waals surface area contributed by atoms with E-state index in [-0.39, 0.29) is 0 Å². The Kier molecular flexibility index (Phi) is 3.59. The van der Waals surface area contributed by atoms with Gasteiger partial charge in [-0.3, -0.25) is 0 Å². The summed E-state index contributed by atoms with van der Waals surface area (Å²) < 4.78 is 2.12. The lowest BCUT2D eigenvalue weighted by atomic mass is 9.88. The smallest absolute Gasteiger partial charge is 0.203 e. The molecule has 0 bridgehead atoms. The molecule has 1 unspecified atom stereocenters. The number of hydrogen-bond acceptors (Lipinski definition) is 2. The van der Waals surface area contributed by atoms with Gasteiger partial charge in [-0.05, 0) is 37.3 Å². The van der Waals surface area contributed by atoms with E-state index in [1.807, 2.05) is 13.0 Å². The zero-order chi connectivity index (χ0) is 13.9. The van der Waals surface area contributed by atoms with Crippen molar-refractivity contribution < 1.29 is 0 Å². The summed E-state index contributed by atoms with van der Waals surface area (Å²) in [6, 6.07) is 9.10. The van der Waals surface area contributed by atoms with Crippen LogP contribution in [0.3, 0.4) is 0 Å². The van der Waals surface area contributed by atoms with Crippen LogP contribution in [0, 0.1) is 6.92 Å². The summed E-state index contributed by atoms with van der Waals surface area (Å²) in [6.07, 6.45) is 7.56. The normalized spacial score (nSPS) is 17.6. The van der Waals surface area contributed by atoms with Crippen LogP contribution in [-0.4, -0.2) is 9.55 Å². The molecule has 20 heavy (non-hydrogen) atoms. The molecule has 1 aromatic carbocycles. The number of allylic oxidation sites excluding steroid dienone is 1. The molecule has 0 spiro atoms. The van der Waals surface area contributed by atoms with E-state index in [2.05, 4.69) is 51.9 Å². The highest BCUT2D eigenvalue weighted by atomic mass is 15.2. The SMILES string of the molecule is C=CCn1cc(C)nc1NC1CCCc2ccccc21. The van der Waals surface area contributed by atoms with Crippen LogP contribution in [0.4, 0.5) is 5.95 Å². The molecule has 1 aliphatic carbocycles. The summed E-state index contributed by atoms with van der Waals surface area (Å²) in [5.74, 6) is 0.948. The van der Waals surface area contributed by atoms with Gasteiger partial charge in [-0.15, -0.1) is 6.58 Å². The predicted octanol–water partition coefficient (Wildman–Crippen LogP) is 3.87. The van der Waals surface area contributed by atoms with Crippen molar-refractivity contribution in [3.05, 3.63) is 59.9 Å². The number of hydrogen-bond donors (Lipinski definition) is 1. The number of aromatic nitrogens is 2. The van der Waals surface area contributed by atoms with Gasteiger partial charge in [-0.25, -0.2) is 4.98 Å². The van der Waals surface area contributed by atoms with Gasteiger partial charge in [0.05, 0.1) is 11.7 Å². The lowest BCUT2D eigenvalue weighted by Crippen LogP contribution is -2.19. The Balaban J connectivity index is 1.87. The standard InChI is InChI=1S/C17H21N3/c1-3-11-20-12-13(2)18-17(20)19-16-10-6-8-14-7-4-5-9-15(14)16/h3-5,7,9,12,16H,1,6,8,10-11H2,2H3,(H,18,19). The van der Waals surface area contributed by atoms with Crippen LogP contribution in [0.15, 0.2) is 43.1 Å². The lowest BCUT2D eigenvalue weighted by molar-refractivity contribution is 0.592. The van der Waals surface area contributed by atoms with Crippen molar-refractivity contribution in [2.24, 2.45) is 0 Å². The van der Waals surface area contributed by atoms with Crippen molar-refractivity contribution in [3.8, 4) is 0 Å². The molecule has 1 N–H and O–H groups in total. The van der Waals surface area contributed by atoms with E-state index < -0.39 is 0 Å². The second-order valence-corrected chi connectivity index (χ2v) is 5.43. The topological polar surface area (TPSA) is 29.9 Å². The van der Waals surface area contributed by atoms with Gasteiger partial charge in [0.1, 0.15) is 0 Å². The van der Waals surface area contributed by atoms with Gasteiger partial charge in [0.2, 0.25) is 5.95 Å². The number of imidazole rings is 1. The molecule has 0 saturated carbocycles. The van der Waals surface area contributed by atoms with E-state index in [0.717, 1.165) is 24.6 Å². The van der Waals surface area contributed by atoms with Crippen molar-refractivity contribution >= 4 is 5.95 Å². The molecule has 3 nitrogen and oxygen atoms in total. The summed E-state index contributed by atoms with van der Waals surface area (Å²) >= 11 is 0. The third-order valence-corrected chi connectivity index (χ3v) is 3.90. The minimum Gasteiger partial charge on any atom is -0.349 e. The largest absolute Gasteiger partial charge is 0.349 e.